The van der Waals surface area contributed by atoms with Gasteiger partial charge in [-0.25, -0.2) is 9.37 Å². The molecule has 0 saturated heterocycles. The molecule has 0 radical (unpaired) electrons. The minimum atomic E-state index is -0.519. The quantitative estimate of drug-likeness (QED) is 0.822. The Labute approximate surface area is 98.3 Å². The van der Waals surface area contributed by atoms with Gasteiger partial charge in [0.15, 0.2) is 0 Å². The van der Waals surface area contributed by atoms with Gasteiger partial charge >= 0.3 is 0 Å². The summed E-state index contributed by atoms with van der Waals surface area (Å²) in [5, 5.41) is 3.12. The van der Waals surface area contributed by atoms with Crippen molar-refractivity contribution in [2.75, 3.05) is 5.32 Å². The average Bonchev–Trinajstić information content (AvgIpc) is 2.32. The van der Waals surface area contributed by atoms with Gasteiger partial charge in [0.25, 0.3) is 0 Å². The van der Waals surface area contributed by atoms with Crippen molar-refractivity contribution in [1.29, 1.82) is 0 Å². The number of benzene rings is 1. The van der Waals surface area contributed by atoms with Crippen LogP contribution in [-0.4, -0.2) is 4.98 Å². The fourth-order valence-corrected chi connectivity index (χ4v) is 1.57. The summed E-state index contributed by atoms with van der Waals surface area (Å²) in [6, 6.07) is 9.16. The lowest BCUT2D eigenvalue weighted by atomic mass is 10.1. The number of nitrogens with one attached hydrogen (secondary N) is 1. The summed E-state index contributed by atoms with van der Waals surface area (Å²) < 4.78 is 25.6. The summed E-state index contributed by atoms with van der Waals surface area (Å²) in [7, 11) is 0. The molecule has 1 unspecified atom stereocenters. The summed E-state index contributed by atoms with van der Waals surface area (Å²) in [6.07, 6.45) is 1.41. The smallest absolute Gasteiger partial charge is 0.212 e. The normalized spacial score (nSPS) is 12.2. The van der Waals surface area contributed by atoms with Gasteiger partial charge in [0.2, 0.25) is 5.95 Å². The third-order valence-corrected chi connectivity index (χ3v) is 2.46. The molecule has 2 nitrogen and oxygen atoms in total. The zero-order valence-corrected chi connectivity index (χ0v) is 9.32. The van der Waals surface area contributed by atoms with Crippen LogP contribution in [-0.2, 0) is 0 Å². The predicted octanol–water partition coefficient (Wildman–Crippen LogP) is 3.53. The lowest BCUT2D eigenvalue weighted by Gasteiger charge is -2.15. The number of hydrogen-bond donors (Lipinski definition) is 1. The molecular formula is C13H12F2N2. The Morgan fingerprint density at radius 1 is 1.18 bits per heavy atom. The Hall–Kier alpha value is -1.97. The van der Waals surface area contributed by atoms with E-state index in [1.165, 1.54) is 24.4 Å². The minimum Gasteiger partial charge on any atom is -0.377 e. The highest BCUT2D eigenvalue weighted by Crippen LogP contribution is 2.19. The van der Waals surface area contributed by atoms with E-state index in [0.29, 0.717) is 5.69 Å². The number of anilines is 1. The highest BCUT2D eigenvalue weighted by Gasteiger charge is 2.06. The van der Waals surface area contributed by atoms with Gasteiger partial charge in [0.1, 0.15) is 5.82 Å². The van der Waals surface area contributed by atoms with Crippen LogP contribution >= 0.6 is 0 Å². The van der Waals surface area contributed by atoms with Crippen molar-refractivity contribution in [3.63, 3.8) is 0 Å². The predicted molar refractivity (Wildman–Crippen MR) is 62.6 cm³/mol. The van der Waals surface area contributed by atoms with Crippen molar-refractivity contribution < 1.29 is 8.78 Å². The summed E-state index contributed by atoms with van der Waals surface area (Å²) in [6.45, 7) is 1.90. The van der Waals surface area contributed by atoms with Crippen LogP contribution in [0.1, 0.15) is 18.5 Å². The van der Waals surface area contributed by atoms with Crippen molar-refractivity contribution in [1.82, 2.24) is 4.98 Å². The van der Waals surface area contributed by atoms with E-state index in [1.54, 1.807) is 12.1 Å². The zero-order valence-electron chi connectivity index (χ0n) is 9.32. The molecule has 2 aromatic rings. The Morgan fingerprint density at radius 2 is 2.00 bits per heavy atom. The average molecular weight is 234 g/mol. The molecule has 17 heavy (non-hydrogen) atoms. The first-order valence-corrected chi connectivity index (χ1v) is 5.29. The summed E-state index contributed by atoms with van der Waals surface area (Å²) in [4.78, 5) is 3.54. The van der Waals surface area contributed by atoms with Crippen LogP contribution in [0, 0.1) is 11.8 Å². The number of hydrogen-bond acceptors (Lipinski definition) is 2. The maximum Gasteiger partial charge on any atom is 0.212 e. The van der Waals surface area contributed by atoms with Crippen molar-refractivity contribution in [2.45, 2.75) is 13.0 Å². The first-order valence-electron chi connectivity index (χ1n) is 5.29. The number of halogens is 2. The molecule has 0 aliphatic heterocycles. The van der Waals surface area contributed by atoms with Crippen molar-refractivity contribution in [2.24, 2.45) is 0 Å². The largest absolute Gasteiger partial charge is 0.377 e. The lowest BCUT2D eigenvalue weighted by molar-refractivity contribution is 0.584. The molecule has 0 fully saturated rings. The van der Waals surface area contributed by atoms with Gasteiger partial charge in [0, 0.05) is 6.04 Å². The van der Waals surface area contributed by atoms with E-state index >= 15 is 0 Å². The minimum absolute atomic E-state index is 0.0713. The topological polar surface area (TPSA) is 24.9 Å². The van der Waals surface area contributed by atoms with Crippen LogP contribution in [0.15, 0.2) is 42.6 Å². The Morgan fingerprint density at radius 3 is 2.65 bits per heavy atom. The van der Waals surface area contributed by atoms with Crippen LogP contribution in [0.5, 0.6) is 0 Å². The van der Waals surface area contributed by atoms with Crippen molar-refractivity contribution >= 4 is 5.69 Å². The van der Waals surface area contributed by atoms with Gasteiger partial charge in [-0.1, -0.05) is 12.1 Å². The van der Waals surface area contributed by atoms with Crippen LogP contribution in [0.2, 0.25) is 0 Å². The van der Waals surface area contributed by atoms with Gasteiger partial charge in [-0.2, -0.15) is 4.39 Å². The van der Waals surface area contributed by atoms with Gasteiger partial charge in [-0.3, -0.25) is 0 Å². The number of rotatable bonds is 3. The maximum absolute atomic E-state index is 13.0. The van der Waals surface area contributed by atoms with E-state index in [2.05, 4.69) is 10.3 Å². The molecule has 1 aromatic carbocycles. The van der Waals surface area contributed by atoms with Gasteiger partial charge in [0.05, 0.1) is 11.9 Å². The molecule has 0 bridgehead atoms. The fraction of sp³-hybridized carbons (Fsp3) is 0.154. The number of nitrogens with zero attached hydrogens (tertiary/aromatic N) is 1. The summed E-state index contributed by atoms with van der Waals surface area (Å²) in [5.74, 6) is -0.790. The van der Waals surface area contributed by atoms with Crippen LogP contribution in [0.25, 0.3) is 0 Å². The number of pyridine rings is 1. The molecule has 0 amide bonds. The number of aromatic nitrogens is 1. The second-order valence-electron chi connectivity index (χ2n) is 3.79. The molecule has 0 aliphatic carbocycles. The second-order valence-corrected chi connectivity index (χ2v) is 3.79. The second kappa shape index (κ2) is 4.91. The Kier molecular flexibility index (Phi) is 3.32. The van der Waals surface area contributed by atoms with E-state index in [-0.39, 0.29) is 11.9 Å². The molecule has 1 atom stereocenters. The first-order chi connectivity index (χ1) is 8.15. The van der Waals surface area contributed by atoms with E-state index in [1.807, 2.05) is 13.0 Å². The van der Waals surface area contributed by atoms with Gasteiger partial charge in [-0.15, -0.1) is 0 Å². The molecular weight excluding hydrogens is 222 g/mol. The third kappa shape index (κ3) is 3.00. The molecule has 0 saturated carbocycles. The third-order valence-electron chi connectivity index (χ3n) is 2.46. The highest BCUT2D eigenvalue weighted by atomic mass is 19.1. The van der Waals surface area contributed by atoms with Crippen LogP contribution in [0.3, 0.4) is 0 Å². The van der Waals surface area contributed by atoms with Crippen molar-refractivity contribution in [3.05, 3.63) is 59.9 Å². The molecule has 1 heterocycles. The first kappa shape index (κ1) is 11.5. The van der Waals surface area contributed by atoms with E-state index in [9.17, 15) is 8.78 Å². The SMILES string of the molecule is CC(Nc1ccc(F)nc1)c1cccc(F)c1. The molecule has 1 aromatic heterocycles. The Bertz CT molecular complexity index is 497. The molecule has 0 aliphatic rings. The summed E-state index contributed by atoms with van der Waals surface area (Å²) in [5.41, 5.74) is 1.53. The van der Waals surface area contributed by atoms with E-state index in [4.69, 9.17) is 0 Å². The monoisotopic (exact) mass is 234 g/mol. The molecule has 2 rings (SSSR count). The van der Waals surface area contributed by atoms with Crippen LogP contribution < -0.4 is 5.32 Å². The van der Waals surface area contributed by atoms with Crippen molar-refractivity contribution in [3.8, 4) is 0 Å². The van der Waals surface area contributed by atoms with E-state index < -0.39 is 5.95 Å². The maximum atomic E-state index is 13.0. The molecule has 88 valence electrons. The zero-order chi connectivity index (χ0) is 12.3. The van der Waals surface area contributed by atoms with Gasteiger partial charge < -0.3 is 5.32 Å². The molecule has 1 N–H and O–H groups in total. The summed E-state index contributed by atoms with van der Waals surface area (Å²) >= 11 is 0. The van der Waals surface area contributed by atoms with Gasteiger partial charge in [-0.05, 0) is 36.8 Å². The van der Waals surface area contributed by atoms with Crippen LogP contribution in [0.4, 0.5) is 14.5 Å². The molecule has 0 spiro atoms. The standard InChI is InChI=1S/C13H12F2N2/c1-9(10-3-2-4-11(14)7-10)17-12-5-6-13(15)16-8-12/h2-9,17H,1H3. The van der Waals surface area contributed by atoms with E-state index in [0.717, 1.165) is 5.56 Å². The molecule has 4 heteroatoms. The highest BCUT2D eigenvalue weighted by molar-refractivity contribution is 5.42. The lowest BCUT2D eigenvalue weighted by Crippen LogP contribution is -2.07. The fourth-order valence-electron chi connectivity index (χ4n) is 1.57. The Balaban J connectivity index is 2.11.